The highest BCUT2D eigenvalue weighted by Gasteiger charge is 2.19. The summed E-state index contributed by atoms with van der Waals surface area (Å²) >= 11 is 0. The van der Waals surface area contributed by atoms with Crippen LogP contribution in [-0.4, -0.2) is 52.5 Å². The number of nitrogens with two attached hydrogens (primary N) is 1. The van der Waals surface area contributed by atoms with E-state index in [1.807, 2.05) is 0 Å². The molecule has 0 bridgehead atoms. The van der Waals surface area contributed by atoms with Crippen molar-refractivity contribution in [3.05, 3.63) is 0 Å². The van der Waals surface area contributed by atoms with Crippen molar-refractivity contribution < 1.29 is 22.7 Å². The van der Waals surface area contributed by atoms with Gasteiger partial charge in [-0.2, -0.15) is 0 Å². The van der Waals surface area contributed by atoms with E-state index in [1.165, 1.54) is 7.11 Å². The number of hydrogen-bond donors (Lipinski definition) is 2. The molecule has 0 aliphatic heterocycles. The average molecular weight is 322 g/mol. The standard InChI is InChI=1S/C13H26N2O5S/c1-19-13(16)3-2-10-21(17,18)15-8-9-20-12-6-4-11(14)5-7-12/h11-12,15H,2-10,14H2,1H3. The van der Waals surface area contributed by atoms with Crippen molar-refractivity contribution in [3.63, 3.8) is 0 Å². The summed E-state index contributed by atoms with van der Waals surface area (Å²) in [7, 11) is -2.07. The molecule has 1 aliphatic carbocycles. The van der Waals surface area contributed by atoms with Crippen LogP contribution in [0.25, 0.3) is 0 Å². The van der Waals surface area contributed by atoms with Gasteiger partial charge in [-0.05, 0) is 32.1 Å². The Morgan fingerprint density at radius 2 is 1.95 bits per heavy atom. The Balaban J connectivity index is 2.09. The monoisotopic (exact) mass is 322 g/mol. The molecule has 3 N–H and O–H groups in total. The maximum atomic E-state index is 11.7. The zero-order valence-electron chi connectivity index (χ0n) is 12.5. The Bertz CT molecular complexity index is 405. The van der Waals surface area contributed by atoms with E-state index in [-0.39, 0.29) is 37.3 Å². The minimum atomic E-state index is -3.35. The number of hydrogen-bond acceptors (Lipinski definition) is 6. The molecule has 0 amide bonds. The molecule has 1 aliphatic rings. The predicted octanol–water partition coefficient (Wildman–Crippen LogP) is 0.146. The lowest BCUT2D eigenvalue weighted by molar-refractivity contribution is -0.140. The summed E-state index contributed by atoms with van der Waals surface area (Å²) in [4.78, 5) is 10.9. The molecule has 0 atom stereocenters. The smallest absolute Gasteiger partial charge is 0.305 e. The van der Waals surface area contributed by atoms with Crippen molar-refractivity contribution in [2.75, 3.05) is 26.0 Å². The lowest BCUT2D eigenvalue weighted by Gasteiger charge is -2.26. The largest absolute Gasteiger partial charge is 0.469 e. The molecule has 21 heavy (non-hydrogen) atoms. The van der Waals surface area contributed by atoms with Crippen molar-refractivity contribution in [3.8, 4) is 0 Å². The first-order valence-corrected chi connectivity index (χ1v) is 8.99. The highest BCUT2D eigenvalue weighted by molar-refractivity contribution is 7.89. The highest BCUT2D eigenvalue weighted by atomic mass is 32.2. The quantitative estimate of drug-likeness (QED) is 0.462. The molecule has 0 aromatic carbocycles. The van der Waals surface area contributed by atoms with Crippen LogP contribution in [-0.2, 0) is 24.3 Å². The van der Waals surface area contributed by atoms with Gasteiger partial charge < -0.3 is 15.2 Å². The summed E-state index contributed by atoms with van der Waals surface area (Å²) < 4.78 is 35.9. The van der Waals surface area contributed by atoms with Gasteiger partial charge in [0, 0.05) is 19.0 Å². The molecular weight excluding hydrogens is 296 g/mol. The number of carbonyl (C=O) groups is 1. The van der Waals surface area contributed by atoms with Gasteiger partial charge in [0.2, 0.25) is 10.0 Å². The van der Waals surface area contributed by atoms with Crippen LogP contribution < -0.4 is 10.5 Å². The van der Waals surface area contributed by atoms with E-state index in [4.69, 9.17) is 10.5 Å². The molecule has 8 heteroatoms. The topological polar surface area (TPSA) is 108 Å². The number of rotatable bonds is 9. The maximum Gasteiger partial charge on any atom is 0.305 e. The van der Waals surface area contributed by atoms with E-state index < -0.39 is 16.0 Å². The third kappa shape index (κ3) is 8.35. The number of ether oxygens (including phenoxy) is 2. The minimum absolute atomic E-state index is 0.0830. The summed E-state index contributed by atoms with van der Waals surface area (Å²) in [5.41, 5.74) is 5.81. The number of carbonyl (C=O) groups excluding carboxylic acids is 1. The van der Waals surface area contributed by atoms with Gasteiger partial charge in [0.1, 0.15) is 0 Å². The number of esters is 1. The van der Waals surface area contributed by atoms with Gasteiger partial charge in [-0.1, -0.05) is 0 Å². The van der Waals surface area contributed by atoms with Crippen LogP contribution in [0, 0.1) is 0 Å². The van der Waals surface area contributed by atoms with E-state index in [0.29, 0.717) is 6.61 Å². The molecule has 0 saturated heterocycles. The van der Waals surface area contributed by atoms with Gasteiger partial charge in [-0.25, -0.2) is 13.1 Å². The lowest BCUT2D eigenvalue weighted by Crippen LogP contribution is -2.33. The zero-order chi connectivity index (χ0) is 15.7. The van der Waals surface area contributed by atoms with Gasteiger partial charge >= 0.3 is 5.97 Å². The van der Waals surface area contributed by atoms with Crippen molar-refractivity contribution in [1.82, 2.24) is 4.72 Å². The highest BCUT2D eigenvalue weighted by Crippen LogP contribution is 2.19. The SMILES string of the molecule is COC(=O)CCCS(=O)(=O)NCCOC1CCC(N)CC1. The van der Waals surface area contributed by atoms with Crippen molar-refractivity contribution in [2.45, 2.75) is 50.7 Å². The fraction of sp³-hybridized carbons (Fsp3) is 0.923. The summed E-state index contributed by atoms with van der Waals surface area (Å²) in [6.07, 6.45) is 4.35. The molecule has 1 saturated carbocycles. The van der Waals surface area contributed by atoms with Crippen molar-refractivity contribution >= 4 is 16.0 Å². The second kappa shape index (κ2) is 9.34. The molecular formula is C13H26N2O5S. The van der Waals surface area contributed by atoms with E-state index in [2.05, 4.69) is 9.46 Å². The summed E-state index contributed by atoms with van der Waals surface area (Å²) in [6.45, 7) is 0.610. The predicted molar refractivity (Wildman–Crippen MR) is 79.2 cm³/mol. The van der Waals surface area contributed by atoms with Gasteiger partial charge in [-0.3, -0.25) is 4.79 Å². The third-order valence-electron chi connectivity index (χ3n) is 3.52. The first-order valence-electron chi connectivity index (χ1n) is 7.34. The van der Waals surface area contributed by atoms with E-state index in [0.717, 1.165) is 25.7 Å². The summed E-state index contributed by atoms with van der Waals surface area (Å²) in [5.74, 6) is -0.482. The van der Waals surface area contributed by atoms with Gasteiger partial charge in [0.05, 0.1) is 25.6 Å². The first-order chi connectivity index (χ1) is 9.93. The molecule has 0 aromatic rings. The Labute approximate surface area is 126 Å². The van der Waals surface area contributed by atoms with Crippen LogP contribution in [0.3, 0.4) is 0 Å². The average Bonchev–Trinajstić information content (AvgIpc) is 2.45. The number of sulfonamides is 1. The van der Waals surface area contributed by atoms with Gasteiger partial charge in [0.25, 0.3) is 0 Å². The Kier molecular flexibility index (Phi) is 8.16. The van der Waals surface area contributed by atoms with Gasteiger partial charge in [0.15, 0.2) is 0 Å². The molecule has 1 fully saturated rings. The van der Waals surface area contributed by atoms with E-state index in [9.17, 15) is 13.2 Å². The Hall–Kier alpha value is -0.700. The van der Waals surface area contributed by atoms with Crippen LogP contribution in [0.1, 0.15) is 38.5 Å². The fourth-order valence-electron chi connectivity index (χ4n) is 2.26. The molecule has 124 valence electrons. The van der Waals surface area contributed by atoms with Crippen LogP contribution >= 0.6 is 0 Å². The number of methoxy groups -OCH3 is 1. The molecule has 0 unspecified atom stereocenters. The lowest BCUT2D eigenvalue weighted by atomic mass is 9.94. The zero-order valence-corrected chi connectivity index (χ0v) is 13.4. The summed E-state index contributed by atoms with van der Waals surface area (Å²) in [6, 6.07) is 0.276. The van der Waals surface area contributed by atoms with Crippen LogP contribution in [0.15, 0.2) is 0 Å². The minimum Gasteiger partial charge on any atom is -0.469 e. The Morgan fingerprint density at radius 3 is 2.57 bits per heavy atom. The molecule has 7 nitrogen and oxygen atoms in total. The van der Waals surface area contributed by atoms with Crippen molar-refractivity contribution in [1.29, 1.82) is 0 Å². The second-order valence-electron chi connectivity index (χ2n) is 5.30. The molecule has 0 spiro atoms. The van der Waals surface area contributed by atoms with E-state index >= 15 is 0 Å². The van der Waals surface area contributed by atoms with Crippen LogP contribution in [0.2, 0.25) is 0 Å². The summed E-state index contributed by atoms with van der Waals surface area (Å²) in [5, 5.41) is 0. The third-order valence-corrected chi connectivity index (χ3v) is 4.99. The maximum absolute atomic E-state index is 11.7. The van der Waals surface area contributed by atoms with E-state index in [1.54, 1.807) is 0 Å². The molecule has 1 rings (SSSR count). The van der Waals surface area contributed by atoms with Gasteiger partial charge in [-0.15, -0.1) is 0 Å². The molecule has 0 radical (unpaired) electrons. The Morgan fingerprint density at radius 1 is 1.29 bits per heavy atom. The number of nitrogens with one attached hydrogen (secondary N) is 1. The first kappa shape index (κ1) is 18.3. The fourth-order valence-corrected chi connectivity index (χ4v) is 3.32. The van der Waals surface area contributed by atoms with Crippen LogP contribution in [0.4, 0.5) is 0 Å². The molecule has 0 heterocycles. The van der Waals surface area contributed by atoms with Crippen molar-refractivity contribution in [2.24, 2.45) is 5.73 Å². The second-order valence-corrected chi connectivity index (χ2v) is 7.23. The van der Waals surface area contributed by atoms with Crippen LogP contribution in [0.5, 0.6) is 0 Å². The normalized spacial score (nSPS) is 23.0. The molecule has 0 aromatic heterocycles.